The van der Waals surface area contributed by atoms with E-state index in [4.69, 9.17) is 40.8 Å². The molecular weight excluding hydrogens is 691 g/mol. The summed E-state index contributed by atoms with van der Waals surface area (Å²) in [7, 11) is 4.85. The molecule has 5 N–H and O–H groups in total. The van der Waals surface area contributed by atoms with Gasteiger partial charge in [-0.1, -0.05) is 41.0 Å². The normalized spacial score (nSPS) is 22.1. The molecule has 4 aliphatic rings. The van der Waals surface area contributed by atoms with Crippen LogP contribution < -0.4 is 16.2 Å². The number of aryl methyl sites for hydroxylation is 1. The van der Waals surface area contributed by atoms with Gasteiger partial charge >= 0.3 is 0 Å². The molecule has 4 atom stereocenters. The molecule has 3 aliphatic heterocycles. The number of nitrogen functional groups attached to an aromatic ring is 1. The number of likely N-dealkylation sites (tertiary alicyclic amines) is 1. The van der Waals surface area contributed by atoms with Crippen LogP contribution in [0, 0.1) is 11.3 Å². The lowest BCUT2D eigenvalue weighted by atomic mass is 9.80. The van der Waals surface area contributed by atoms with E-state index in [9.17, 15) is 10.1 Å². The Balaban J connectivity index is 0.00000120. The van der Waals surface area contributed by atoms with E-state index < -0.39 is 0 Å². The molecule has 0 amide bonds. The lowest BCUT2D eigenvalue weighted by Crippen LogP contribution is -2.52. The summed E-state index contributed by atoms with van der Waals surface area (Å²) >= 11 is 1.47. The smallest absolute Gasteiger partial charge is 0.228 e. The van der Waals surface area contributed by atoms with Crippen LogP contribution in [0.2, 0.25) is 0 Å². The van der Waals surface area contributed by atoms with Gasteiger partial charge in [0.05, 0.1) is 36.1 Å². The number of rotatable bonds is 12. The van der Waals surface area contributed by atoms with Crippen molar-refractivity contribution in [1.82, 2.24) is 19.8 Å². The van der Waals surface area contributed by atoms with Crippen LogP contribution in [0.15, 0.2) is 11.3 Å². The summed E-state index contributed by atoms with van der Waals surface area (Å²) in [5.41, 5.74) is 17.5. The molecule has 2 aromatic heterocycles. The van der Waals surface area contributed by atoms with Gasteiger partial charge in [-0.3, -0.25) is 14.6 Å². The number of methoxy groups -OCH3 is 1. The van der Waals surface area contributed by atoms with Gasteiger partial charge in [0.15, 0.2) is 0 Å². The van der Waals surface area contributed by atoms with Gasteiger partial charge in [0, 0.05) is 67.9 Å². The van der Waals surface area contributed by atoms with Crippen LogP contribution in [0.5, 0.6) is 5.88 Å². The van der Waals surface area contributed by atoms with Crippen molar-refractivity contribution in [2.75, 3.05) is 59.9 Å². The fourth-order valence-corrected chi connectivity index (χ4v) is 9.00. The summed E-state index contributed by atoms with van der Waals surface area (Å²) in [5, 5.41) is 17.5. The van der Waals surface area contributed by atoms with E-state index in [-0.39, 0.29) is 35.6 Å². The summed E-state index contributed by atoms with van der Waals surface area (Å²) in [6, 6.07) is 2.91. The minimum atomic E-state index is -0.267. The molecule has 2 aromatic rings. The fraction of sp³-hybridized carbons (Fsp3) is 0.700. The Kier molecular flexibility index (Phi) is 18.1. The number of ether oxygens (including phenoxy) is 3. The quantitative estimate of drug-likeness (QED) is 0.167. The number of hydrogen-bond donors (Lipinski definition) is 3. The second kappa shape index (κ2) is 21.7. The van der Waals surface area contributed by atoms with Crippen LogP contribution >= 0.6 is 11.3 Å². The fourth-order valence-electron chi connectivity index (χ4n) is 7.87. The average Bonchev–Trinajstić information content (AvgIpc) is 3.75. The lowest BCUT2D eigenvalue weighted by molar-refractivity contribution is -0.0735. The van der Waals surface area contributed by atoms with Crippen LogP contribution in [-0.2, 0) is 22.4 Å². The third-order valence-corrected chi connectivity index (χ3v) is 11.6. The molecule has 53 heavy (non-hydrogen) atoms. The summed E-state index contributed by atoms with van der Waals surface area (Å²) in [6.45, 7) is 16.6. The maximum atomic E-state index is 14.6. The molecule has 3 unspecified atom stereocenters. The van der Waals surface area contributed by atoms with E-state index in [2.05, 4.69) is 29.8 Å². The van der Waals surface area contributed by atoms with Crippen molar-refractivity contribution >= 4 is 22.1 Å². The number of nitriles is 1. The Bertz CT molecular complexity index is 1550. The maximum Gasteiger partial charge on any atom is 0.228 e. The first-order valence-electron chi connectivity index (χ1n) is 19.6. The third-order valence-electron chi connectivity index (χ3n) is 10.5. The van der Waals surface area contributed by atoms with E-state index in [0.717, 1.165) is 86.8 Å². The number of aromatic nitrogens is 2. The molecule has 0 saturated carbocycles. The number of likely N-dealkylation sites (N-methyl/N-ethyl adjacent to an activating group) is 1. The molecule has 2 fully saturated rings. The highest BCUT2D eigenvalue weighted by molar-refractivity contribution is 7.16. The summed E-state index contributed by atoms with van der Waals surface area (Å²) in [6.07, 6.45) is 6.59. The van der Waals surface area contributed by atoms with E-state index in [1.807, 2.05) is 34.6 Å². The van der Waals surface area contributed by atoms with Crippen molar-refractivity contribution in [3.63, 3.8) is 0 Å². The predicted molar refractivity (Wildman–Crippen MR) is 212 cm³/mol. The Morgan fingerprint density at radius 1 is 1.17 bits per heavy atom. The predicted octanol–water partition coefficient (Wildman–Crippen LogP) is 6.16. The molecule has 0 bridgehead atoms. The Hall–Kier alpha value is -3.12. The number of nitrogens with two attached hydrogens (primary N) is 2. The van der Waals surface area contributed by atoms with Crippen molar-refractivity contribution in [2.45, 2.75) is 129 Å². The first kappa shape index (κ1) is 44.3. The summed E-state index contributed by atoms with van der Waals surface area (Å²) < 4.78 is 17.8. The van der Waals surface area contributed by atoms with Crippen LogP contribution in [0.3, 0.4) is 0 Å². The minimum absolute atomic E-state index is 0.0458. The molecule has 2 saturated heterocycles. The van der Waals surface area contributed by atoms with Gasteiger partial charge in [-0.15, -0.1) is 11.3 Å². The van der Waals surface area contributed by atoms with Crippen LogP contribution in [0.4, 0.5) is 5.00 Å². The molecule has 0 aromatic carbocycles. The van der Waals surface area contributed by atoms with Gasteiger partial charge in [0.1, 0.15) is 17.2 Å². The number of nitrogens with zero attached hydrogens (tertiary/aromatic N) is 5. The minimum Gasteiger partial charge on any atom is -0.473 e. The summed E-state index contributed by atoms with van der Waals surface area (Å²) in [4.78, 5) is 30.5. The topological polar surface area (TPSA) is 173 Å². The second-order valence-corrected chi connectivity index (χ2v) is 14.7. The van der Waals surface area contributed by atoms with E-state index in [1.165, 1.54) is 11.3 Å². The molecular formula is C40H65N7O5S. The maximum absolute atomic E-state index is 14.6. The van der Waals surface area contributed by atoms with Crippen molar-refractivity contribution in [3.05, 3.63) is 44.4 Å². The van der Waals surface area contributed by atoms with Crippen molar-refractivity contribution in [3.8, 4) is 11.9 Å². The number of carbonyl (C=O) groups is 1. The first-order chi connectivity index (χ1) is 25.7. The van der Waals surface area contributed by atoms with E-state index in [1.54, 1.807) is 7.11 Å². The highest BCUT2D eigenvalue weighted by Crippen LogP contribution is 2.45. The number of allylic oxidation sites excluding steroid dienone is 2. The van der Waals surface area contributed by atoms with Crippen molar-refractivity contribution < 1.29 is 24.1 Å². The highest BCUT2D eigenvalue weighted by atomic mass is 32.1. The summed E-state index contributed by atoms with van der Waals surface area (Å²) in [5.74, 6) is 0.152. The Morgan fingerprint density at radius 2 is 1.89 bits per heavy atom. The SMILES string of the molecule is CC.CC.CCC/C(C(=O)c1nc(OC(C)C2CCCN2C)c2c(n1)[C@@H](CCOC)CN(C1COC1)C2)=C(/N)C1CCCc2sc(N)c(C#N)c21.CO. The first-order valence-corrected chi connectivity index (χ1v) is 20.4. The molecule has 0 radical (unpaired) electrons. The van der Waals surface area contributed by atoms with Gasteiger partial charge in [-0.25, -0.2) is 4.98 Å². The number of thiophene rings is 1. The van der Waals surface area contributed by atoms with Crippen molar-refractivity contribution in [1.29, 1.82) is 5.26 Å². The van der Waals surface area contributed by atoms with Gasteiger partial charge in [0.2, 0.25) is 17.5 Å². The molecule has 1 aliphatic carbocycles. The van der Waals surface area contributed by atoms with Crippen LogP contribution in [-0.4, -0.2) is 103 Å². The highest BCUT2D eigenvalue weighted by Gasteiger charge is 2.39. The number of Topliss-reactive ketones (excluding diaryl/α,β-unsaturated/α-hetero) is 1. The standard InChI is InChI=1S/C35H49N7O4S.2C2H6.CH4O/c1-5-8-24(30(37)23-9-6-11-28-29(23)25(15-36)33(38)47-28)32(43)34-39-31-21(12-14-44-4)16-42(22-18-45-19-22)17-26(31)35(40-34)46-20(2)27-10-7-13-41(27)3;3*1-2/h20-23,27H,5-14,16-19,37-38H2,1-4H3;2*1-2H3;2H,1H3/b30-24-;;;/t20?,21-,23?,27?;;;/m0.../s1. The number of aliphatic hydroxyl groups excluding tert-OH is 1. The number of carbonyl (C=O) groups excluding carboxylic acids is 1. The number of fused-ring (bicyclic) bond motifs is 2. The average molecular weight is 756 g/mol. The lowest BCUT2D eigenvalue weighted by Gasteiger charge is -2.42. The Labute approximate surface area is 321 Å². The number of anilines is 1. The molecule has 6 rings (SSSR count). The van der Waals surface area contributed by atoms with Gasteiger partial charge in [-0.05, 0) is 71.0 Å². The van der Waals surface area contributed by atoms with E-state index in [0.29, 0.717) is 66.5 Å². The second-order valence-electron chi connectivity index (χ2n) is 13.6. The largest absolute Gasteiger partial charge is 0.473 e. The van der Waals surface area contributed by atoms with Gasteiger partial charge in [-0.2, -0.15) is 10.2 Å². The van der Waals surface area contributed by atoms with Gasteiger partial charge in [0.25, 0.3) is 0 Å². The zero-order chi connectivity index (χ0) is 39.2. The van der Waals surface area contributed by atoms with Gasteiger partial charge < -0.3 is 30.8 Å². The third kappa shape index (κ3) is 9.96. The zero-order valence-electron chi connectivity index (χ0n) is 33.7. The monoisotopic (exact) mass is 755 g/mol. The molecule has 0 spiro atoms. The number of aliphatic hydroxyl groups is 1. The molecule has 13 heteroatoms. The number of hydrogen-bond acceptors (Lipinski definition) is 13. The number of ketones is 1. The van der Waals surface area contributed by atoms with E-state index >= 15 is 0 Å². The molecule has 5 heterocycles. The molecule has 296 valence electrons. The zero-order valence-corrected chi connectivity index (χ0v) is 34.5. The van der Waals surface area contributed by atoms with Crippen molar-refractivity contribution in [2.24, 2.45) is 5.73 Å². The van der Waals surface area contributed by atoms with Crippen LogP contribution in [0.25, 0.3) is 0 Å². The van der Waals surface area contributed by atoms with Crippen LogP contribution in [0.1, 0.15) is 136 Å². The molecule has 12 nitrogen and oxygen atoms in total. The Morgan fingerprint density at radius 3 is 2.47 bits per heavy atom.